The largest absolute Gasteiger partial charge is 0.461 e. The molecule has 80 valence electrons. The van der Waals surface area contributed by atoms with Gasteiger partial charge in [0.25, 0.3) is 0 Å². The van der Waals surface area contributed by atoms with E-state index in [1.54, 1.807) is 0 Å². The fourth-order valence-electron chi connectivity index (χ4n) is 1.64. The molecule has 1 aliphatic carbocycles. The summed E-state index contributed by atoms with van der Waals surface area (Å²) in [6.45, 7) is 3.73. The monoisotopic (exact) mass is 204 g/mol. The van der Waals surface area contributed by atoms with Crippen molar-refractivity contribution in [1.82, 2.24) is 0 Å². The molecule has 15 heavy (non-hydrogen) atoms. The van der Waals surface area contributed by atoms with Crippen LogP contribution in [0, 0.1) is 5.92 Å². The smallest absolute Gasteiger partial charge is 0.308 e. The lowest BCUT2D eigenvalue weighted by Crippen LogP contribution is -2.13. The summed E-state index contributed by atoms with van der Waals surface area (Å²) in [4.78, 5) is 11.3. The van der Waals surface area contributed by atoms with Crippen LogP contribution in [0.15, 0.2) is 30.3 Å². The molecule has 2 heteroatoms. The van der Waals surface area contributed by atoms with Gasteiger partial charge in [-0.15, -0.1) is 0 Å². The van der Waals surface area contributed by atoms with Crippen molar-refractivity contribution in [2.75, 3.05) is 0 Å². The van der Waals surface area contributed by atoms with E-state index in [4.69, 9.17) is 4.74 Å². The van der Waals surface area contributed by atoms with Crippen LogP contribution in [-0.2, 0) is 9.53 Å². The highest BCUT2D eigenvalue weighted by molar-refractivity contribution is 5.72. The normalized spacial score (nSPS) is 23.9. The molecule has 0 radical (unpaired) electrons. The summed E-state index contributed by atoms with van der Waals surface area (Å²) < 4.78 is 5.35. The van der Waals surface area contributed by atoms with E-state index in [0.717, 1.165) is 6.42 Å². The summed E-state index contributed by atoms with van der Waals surface area (Å²) in [6, 6.07) is 10.2. The molecule has 2 rings (SSSR count). The Bertz CT molecular complexity index is 343. The zero-order valence-corrected chi connectivity index (χ0v) is 9.14. The van der Waals surface area contributed by atoms with Crippen molar-refractivity contribution in [3.8, 4) is 0 Å². The van der Waals surface area contributed by atoms with Crippen LogP contribution in [0.4, 0.5) is 0 Å². The van der Waals surface area contributed by atoms with Gasteiger partial charge >= 0.3 is 5.97 Å². The third-order valence-electron chi connectivity index (χ3n) is 2.70. The standard InChI is InChI=1S/C13H16O2/c1-9(2)13(14)15-12-8-11(12)10-6-4-3-5-7-10/h3-7,9,11-12H,8H2,1-2H3. The molecular formula is C13H16O2. The second-order valence-corrected chi connectivity index (χ2v) is 4.38. The quantitative estimate of drug-likeness (QED) is 0.708. The Morgan fingerprint density at radius 3 is 2.60 bits per heavy atom. The van der Waals surface area contributed by atoms with Crippen LogP contribution >= 0.6 is 0 Å². The maximum atomic E-state index is 11.3. The molecule has 0 spiro atoms. The minimum absolute atomic E-state index is 0.0259. The van der Waals surface area contributed by atoms with Gasteiger partial charge in [-0.2, -0.15) is 0 Å². The number of hydrogen-bond acceptors (Lipinski definition) is 2. The van der Waals surface area contributed by atoms with Crippen LogP contribution in [0.1, 0.15) is 31.7 Å². The van der Waals surface area contributed by atoms with Crippen LogP contribution < -0.4 is 0 Å². The SMILES string of the molecule is CC(C)C(=O)OC1CC1c1ccccc1. The van der Waals surface area contributed by atoms with Gasteiger partial charge in [0.2, 0.25) is 0 Å². The molecule has 2 nitrogen and oxygen atoms in total. The Balaban J connectivity index is 1.89. The molecule has 1 aromatic carbocycles. The Kier molecular flexibility index (Phi) is 2.76. The minimum Gasteiger partial charge on any atom is -0.461 e. The molecule has 0 bridgehead atoms. The van der Waals surface area contributed by atoms with E-state index in [2.05, 4.69) is 12.1 Å². The van der Waals surface area contributed by atoms with E-state index in [-0.39, 0.29) is 18.0 Å². The first-order chi connectivity index (χ1) is 7.18. The van der Waals surface area contributed by atoms with Gasteiger partial charge in [0.15, 0.2) is 0 Å². The fourth-order valence-corrected chi connectivity index (χ4v) is 1.64. The highest BCUT2D eigenvalue weighted by atomic mass is 16.5. The summed E-state index contributed by atoms with van der Waals surface area (Å²) in [6.07, 6.45) is 1.09. The molecule has 0 aliphatic heterocycles. The topological polar surface area (TPSA) is 26.3 Å². The van der Waals surface area contributed by atoms with Gasteiger partial charge < -0.3 is 4.74 Å². The Morgan fingerprint density at radius 1 is 1.33 bits per heavy atom. The van der Waals surface area contributed by atoms with Gasteiger partial charge in [0.05, 0.1) is 5.92 Å². The van der Waals surface area contributed by atoms with E-state index in [9.17, 15) is 4.79 Å². The summed E-state index contributed by atoms with van der Waals surface area (Å²) >= 11 is 0. The van der Waals surface area contributed by atoms with E-state index in [0.29, 0.717) is 5.92 Å². The van der Waals surface area contributed by atoms with Crippen molar-refractivity contribution < 1.29 is 9.53 Å². The van der Waals surface area contributed by atoms with Crippen molar-refractivity contribution in [2.45, 2.75) is 32.3 Å². The third kappa shape index (κ3) is 2.38. The number of benzene rings is 1. The predicted molar refractivity (Wildman–Crippen MR) is 58.5 cm³/mol. The van der Waals surface area contributed by atoms with E-state index < -0.39 is 0 Å². The van der Waals surface area contributed by atoms with Crippen LogP contribution in [-0.4, -0.2) is 12.1 Å². The zero-order chi connectivity index (χ0) is 10.8. The van der Waals surface area contributed by atoms with Gasteiger partial charge in [-0.3, -0.25) is 4.79 Å². The minimum atomic E-state index is -0.0848. The molecule has 0 aromatic heterocycles. The molecule has 1 saturated carbocycles. The average molecular weight is 204 g/mol. The van der Waals surface area contributed by atoms with Crippen molar-refractivity contribution in [1.29, 1.82) is 0 Å². The summed E-state index contributed by atoms with van der Waals surface area (Å²) in [5.74, 6) is 0.314. The molecule has 2 unspecified atom stereocenters. The Labute approximate surface area is 90.3 Å². The van der Waals surface area contributed by atoms with Crippen molar-refractivity contribution in [3.05, 3.63) is 35.9 Å². The first kappa shape index (κ1) is 10.2. The van der Waals surface area contributed by atoms with Crippen LogP contribution in [0.25, 0.3) is 0 Å². The number of ether oxygens (including phenoxy) is 1. The van der Waals surface area contributed by atoms with Crippen molar-refractivity contribution in [2.24, 2.45) is 5.92 Å². The average Bonchev–Trinajstić information content (AvgIpc) is 2.98. The summed E-state index contributed by atoms with van der Waals surface area (Å²) in [5, 5.41) is 0. The highest BCUT2D eigenvalue weighted by Crippen LogP contribution is 2.43. The number of hydrogen-bond donors (Lipinski definition) is 0. The highest BCUT2D eigenvalue weighted by Gasteiger charge is 2.41. The second-order valence-electron chi connectivity index (χ2n) is 4.38. The van der Waals surface area contributed by atoms with E-state index in [1.165, 1.54) is 5.56 Å². The van der Waals surface area contributed by atoms with Gasteiger partial charge in [-0.25, -0.2) is 0 Å². The number of carbonyl (C=O) groups is 1. The van der Waals surface area contributed by atoms with Crippen LogP contribution in [0.2, 0.25) is 0 Å². The molecule has 0 saturated heterocycles. The lowest BCUT2D eigenvalue weighted by molar-refractivity contribution is -0.148. The second kappa shape index (κ2) is 4.05. The molecular weight excluding hydrogens is 188 g/mol. The molecule has 0 amide bonds. The Morgan fingerprint density at radius 2 is 2.00 bits per heavy atom. The van der Waals surface area contributed by atoms with Crippen molar-refractivity contribution >= 4 is 5.97 Å². The van der Waals surface area contributed by atoms with Gasteiger partial charge in [-0.05, 0) is 12.0 Å². The molecule has 1 aliphatic rings. The van der Waals surface area contributed by atoms with Crippen LogP contribution in [0.5, 0.6) is 0 Å². The predicted octanol–water partition coefficient (Wildman–Crippen LogP) is 2.74. The molecule has 1 aromatic rings. The Hall–Kier alpha value is -1.31. The summed E-state index contributed by atoms with van der Waals surface area (Å²) in [5.41, 5.74) is 1.28. The lowest BCUT2D eigenvalue weighted by Gasteiger charge is -2.06. The molecule has 2 atom stereocenters. The third-order valence-corrected chi connectivity index (χ3v) is 2.70. The van der Waals surface area contributed by atoms with Crippen molar-refractivity contribution in [3.63, 3.8) is 0 Å². The number of rotatable bonds is 3. The van der Waals surface area contributed by atoms with E-state index in [1.807, 2.05) is 32.0 Å². The number of carbonyl (C=O) groups excluding carboxylic acids is 1. The maximum absolute atomic E-state index is 11.3. The van der Waals surface area contributed by atoms with Crippen LogP contribution in [0.3, 0.4) is 0 Å². The fraction of sp³-hybridized carbons (Fsp3) is 0.462. The maximum Gasteiger partial charge on any atom is 0.308 e. The van der Waals surface area contributed by atoms with Gasteiger partial charge in [-0.1, -0.05) is 44.2 Å². The van der Waals surface area contributed by atoms with Gasteiger partial charge in [0, 0.05) is 5.92 Å². The zero-order valence-electron chi connectivity index (χ0n) is 9.14. The lowest BCUT2D eigenvalue weighted by atomic mass is 10.1. The first-order valence-corrected chi connectivity index (χ1v) is 5.44. The number of esters is 1. The van der Waals surface area contributed by atoms with E-state index >= 15 is 0 Å². The molecule has 0 N–H and O–H groups in total. The van der Waals surface area contributed by atoms with Gasteiger partial charge in [0.1, 0.15) is 6.10 Å². The first-order valence-electron chi connectivity index (χ1n) is 5.44. The molecule has 0 heterocycles. The summed E-state index contributed by atoms with van der Waals surface area (Å²) in [7, 11) is 0. The molecule has 1 fully saturated rings.